The predicted molar refractivity (Wildman–Crippen MR) is 302 cm³/mol. The lowest BCUT2D eigenvalue weighted by Crippen LogP contribution is -2.45. The quantitative estimate of drug-likeness (QED) is 0.0272. The van der Waals surface area contributed by atoms with E-state index in [-0.39, 0.29) is 12.5 Å². The largest absolute Gasteiger partial charge is 0.756 e. The Morgan fingerprint density at radius 2 is 0.800 bits per heavy atom. The van der Waals surface area contributed by atoms with Crippen molar-refractivity contribution in [2.75, 3.05) is 40.9 Å². The minimum atomic E-state index is -4.61. The van der Waals surface area contributed by atoms with Gasteiger partial charge < -0.3 is 28.8 Å². The van der Waals surface area contributed by atoms with E-state index in [0.717, 1.165) is 44.9 Å². The van der Waals surface area contributed by atoms with E-state index in [2.05, 4.69) is 55.6 Å². The zero-order chi connectivity index (χ0) is 51.3. The number of aliphatic hydroxyl groups is 1. The molecule has 0 aliphatic rings. The normalized spacial score (nSPS) is 14.2. The Morgan fingerprint density at radius 1 is 0.486 bits per heavy atom. The number of hydrogen-bond acceptors (Lipinski definition) is 6. The molecule has 0 rings (SSSR count). The van der Waals surface area contributed by atoms with E-state index in [1.807, 2.05) is 27.2 Å². The molecule has 0 aromatic heterocycles. The van der Waals surface area contributed by atoms with Crippen molar-refractivity contribution < 1.29 is 32.9 Å². The standard InChI is InChI=1S/C61H117N2O6P/c1-6-8-10-12-14-16-18-20-22-24-26-28-29-30-31-32-33-34-35-37-39-41-43-45-47-49-51-53-55-61(65)62-59(58-69-70(66,67)68-57-56-63(3,4)5)60(64)54-52-50-48-46-44-42-40-38-36-27-25-23-21-19-17-15-13-11-9-7-2/h30-31,36,38,44,46,52,54,59-60,64H,6-29,32-35,37,39-43,45,47-51,53,55-58H2,1-5H3,(H-,62,65,66,67)/b31-30-,38-36+,46-44+,54-52+. The lowest BCUT2D eigenvalue weighted by Gasteiger charge is -2.29. The average Bonchev–Trinajstić information content (AvgIpc) is 3.32. The fourth-order valence-corrected chi connectivity index (χ4v) is 9.49. The summed E-state index contributed by atoms with van der Waals surface area (Å²) >= 11 is 0. The molecule has 0 fully saturated rings. The molecule has 3 atom stereocenters. The van der Waals surface area contributed by atoms with E-state index in [0.29, 0.717) is 17.4 Å². The number of phosphoric acid groups is 1. The van der Waals surface area contributed by atoms with Crippen LogP contribution in [0, 0.1) is 0 Å². The maximum absolute atomic E-state index is 13.0. The van der Waals surface area contributed by atoms with Crippen LogP contribution in [-0.4, -0.2) is 68.5 Å². The predicted octanol–water partition coefficient (Wildman–Crippen LogP) is 17.7. The van der Waals surface area contributed by atoms with Crippen LogP contribution in [0.3, 0.4) is 0 Å². The molecule has 0 heterocycles. The SMILES string of the molecule is CCCCCCCCCCCC/C=C/CC/C=C/CC/C=C/C(O)C(COP(=O)([O-])OCC[N+](C)(C)C)NC(=O)CCCCCCCCCCCCCC/C=C\CCCCCCCCCCCCCC. The summed E-state index contributed by atoms with van der Waals surface area (Å²) < 4.78 is 23.3. The second-order valence-electron chi connectivity index (χ2n) is 21.7. The Bertz CT molecular complexity index is 1280. The van der Waals surface area contributed by atoms with Crippen LogP contribution in [0.5, 0.6) is 0 Å². The van der Waals surface area contributed by atoms with Crippen molar-refractivity contribution >= 4 is 13.7 Å². The Morgan fingerprint density at radius 3 is 1.16 bits per heavy atom. The number of hydrogen-bond donors (Lipinski definition) is 2. The smallest absolute Gasteiger partial charge is 0.268 e. The first-order valence-electron chi connectivity index (χ1n) is 30.0. The number of rotatable bonds is 55. The van der Waals surface area contributed by atoms with Crippen LogP contribution < -0.4 is 10.2 Å². The highest BCUT2D eigenvalue weighted by atomic mass is 31.2. The Kier molecular flexibility index (Phi) is 51.2. The van der Waals surface area contributed by atoms with Crippen LogP contribution in [0.25, 0.3) is 0 Å². The zero-order valence-electron chi connectivity index (χ0n) is 47.0. The molecule has 1 amide bonds. The summed E-state index contributed by atoms with van der Waals surface area (Å²) in [6.45, 7) is 4.65. The highest BCUT2D eigenvalue weighted by molar-refractivity contribution is 7.45. The minimum absolute atomic E-state index is 0.00914. The second kappa shape index (κ2) is 52.3. The van der Waals surface area contributed by atoms with Crippen molar-refractivity contribution in [1.82, 2.24) is 5.32 Å². The van der Waals surface area contributed by atoms with Crippen LogP contribution in [0.4, 0.5) is 0 Å². The molecule has 3 unspecified atom stereocenters. The van der Waals surface area contributed by atoms with Crippen molar-refractivity contribution in [1.29, 1.82) is 0 Å². The van der Waals surface area contributed by atoms with Gasteiger partial charge in [-0.1, -0.05) is 255 Å². The summed E-state index contributed by atoms with van der Waals surface area (Å²) in [6.07, 6.45) is 69.2. The van der Waals surface area contributed by atoms with Crippen molar-refractivity contribution in [2.45, 2.75) is 296 Å². The number of carbonyl (C=O) groups is 1. The first kappa shape index (κ1) is 68.5. The Labute approximate surface area is 435 Å². The molecule has 0 aromatic carbocycles. The maximum atomic E-state index is 13.0. The highest BCUT2D eigenvalue weighted by Crippen LogP contribution is 2.38. The zero-order valence-corrected chi connectivity index (χ0v) is 47.9. The lowest BCUT2D eigenvalue weighted by molar-refractivity contribution is -0.870. The van der Waals surface area contributed by atoms with Gasteiger partial charge in [-0.15, -0.1) is 0 Å². The van der Waals surface area contributed by atoms with Crippen LogP contribution in [0.2, 0.25) is 0 Å². The van der Waals surface area contributed by atoms with Gasteiger partial charge in [0.05, 0.1) is 39.9 Å². The van der Waals surface area contributed by atoms with Crippen molar-refractivity contribution in [3.05, 3.63) is 48.6 Å². The number of amides is 1. The van der Waals surface area contributed by atoms with Crippen LogP contribution in [0.15, 0.2) is 48.6 Å². The van der Waals surface area contributed by atoms with Gasteiger partial charge in [-0.05, 0) is 70.6 Å². The Balaban J connectivity index is 4.20. The van der Waals surface area contributed by atoms with Gasteiger partial charge in [-0.3, -0.25) is 9.36 Å². The maximum Gasteiger partial charge on any atom is 0.268 e. The number of aliphatic hydroxyl groups excluding tert-OH is 1. The Hall–Kier alpha value is -1.54. The third-order valence-corrected chi connectivity index (χ3v) is 14.5. The number of nitrogens with one attached hydrogen (secondary N) is 1. The molecule has 0 saturated heterocycles. The van der Waals surface area contributed by atoms with Crippen LogP contribution in [0.1, 0.15) is 284 Å². The molecule has 412 valence electrons. The first-order valence-corrected chi connectivity index (χ1v) is 31.5. The number of quaternary nitrogens is 1. The van der Waals surface area contributed by atoms with Gasteiger partial charge in [-0.2, -0.15) is 0 Å². The number of likely N-dealkylation sites (N-methyl/N-ethyl adjacent to an activating group) is 1. The molecule has 70 heavy (non-hydrogen) atoms. The number of nitrogens with zero attached hydrogens (tertiary/aromatic N) is 1. The van der Waals surface area contributed by atoms with E-state index in [9.17, 15) is 19.4 Å². The van der Waals surface area contributed by atoms with Crippen LogP contribution >= 0.6 is 7.82 Å². The molecule has 0 aliphatic heterocycles. The monoisotopic (exact) mass is 1000 g/mol. The molecule has 0 aliphatic carbocycles. The van der Waals surface area contributed by atoms with E-state index in [4.69, 9.17) is 9.05 Å². The molecule has 0 spiro atoms. The van der Waals surface area contributed by atoms with Gasteiger partial charge in [0.1, 0.15) is 13.2 Å². The average molecular weight is 1010 g/mol. The summed E-state index contributed by atoms with van der Waals surface area (Å²) in [5, 5.41) is 13.9. The molecule has 0 aromatic rings. The molecule has 0 saturated carbocycles. The fourth-order valence-electron chi connectivity index (χ4n) is 8.77. The van der Waals surface area contributed by atoms with Gasteiger partial charge in [-0.25, -0.2) is 0 Å². The number of phosphoric ester groups is 1. The minimum Gasteiger partial charge on any atom is -0.756 e. The lowest BCUT2D eigenvalue weighted by atomic mass is 10.0. The number of unbranched alkanes of at least 4 members (excludes halogenated alkanes) is 36. The third-order valence-electron chi connectivity index (χ3n) is 13.5. The van der Waals surface area contributed by atoms with Gasteiger partial charge in [0.25, 0.3) is 7.82 Å². The van der Waals surface area contributed by atoms with Crippen molar-refractivity contribution in [3.63, 3.8) is 0 Å². The summed E-state index contributed by atoms with van der Waals surface area (Å²) in [5.74, 6) is -0.209. The van der Waals surface area contributed by atoms with Gasteiger partial charge in [0, 0.05) is 6.42 Å². The van der Waals surface area contributed by atoms with Crippen LogP contribution in [-0.2, 0) is 18.4 Å². The molecule has 8 nitrogen and oxygen atoms in total. The summed E-state index contributed by atoms with van der Waals surface area (Å²) in [5.41, 5.74) is 0. The van der Waals surface area contributed by atoms with Crippen molar-refractivity contribution in [2.24, 2.45) is 0 Å². The molecular weight excluding hydrogens is 888 g/mol. The van der Waals surface area contributed by atoms with E-state index in [1.54, 1.807) is 6.08 Å². The number of carbonyl (C=O) groups excluding carboxylic acids is 1. The first-order chi connectivity index (χ1) is 34.0. The van der Waals surface area contributed by atoms with E-state index >= 15 is 0 Å². The van der Waals surface area contributed by atoms with Gasteiger partial charge >= 0.3 is 0 Å². The highest BCUT2D eigenvalue weighted by Gasteiger charge is 2.23. The summed E-state index contributed by atoms with van der Waals surface area (Å²) in [7, 11) is 1.24. The molecule has 0 bridgehead atoms. The number of allylic oxidation sites excluding steroid dienone is 7. The molecule has 2 N–H and O–H groups in total. The van der Waals surface area contributed by atoms with Gasteiger partial charge in [0.15, 0.2) is 0 Å². The van der Waals surface area contributed by atoms with E-state index in [1.165, 1.54) is 218 Å². The second-order valence-corrected chi connectivity index (χ2v) is 23.1. The molecule has 9 heteroatoms. The van der Waals surface area contributed by atoms with Crippen molar-refractivity contribution in [3.8, 4) is 0 Å². The summed E-state index contributed by atoms with van der Waals surface area (Å²) in [6, 6.07) is -0.911. The third kappa shape index (κ3) is 54.2. The summed E-state index contributed by atoms with van der Waals surface area (Å²) in [4.78, 5) is 25.5. The fraction of sp³-hybridized carbons (Fsp3) is 0.852. The van der Waals surface area contributed by atoms with E-state index < -0.39 is 26.6 Å². The topological polar surface area (TPSA) is 108 Å². The molecular formula is C61H117N2O6P. The van der Waals surface area contributed by atoms with Gasteiger partial charge in [0.2, 0.25) is 5.91 Å². The molecule has 0 radical (unpaired) electrons.